The van der Waals surface area contributed by atoms with E-state index in [1.54, 1.807) is 0 Å². The number of aryl methyl sites for hydroxylation is 2. The number of fused-ring (bicyclic) bond motifs is 1. The van der Waals surface area contributed by atoms with Crippen LogP contribution < -0.4 is 5.32 Å². The molecule has 0 bridgehead atoms. The zero-order valence-electron chi connectivity index (χ0n) is 7.27. The molecule has 1 N–H and O–H groups in total. The summed E-state index contributed by atoms with van der Waals surface area (Å²) < 4.78 is 0. The number of carbonyl (C=O) groups excluding carboxylic acids is 1. The number of benzene rings is 1. The quantitative estimate of drug-likeness (QED) is 0.617. The van der Waals surface area contributed by atoms with Crippen molar-refractivity contribution in [1.82, 2.24) is 0 Å². The summed E-state index contributed by atoms with van der Waals surface area (Å²) in [5.41, 5.74) is 4.55. The van der Waals surface area contributed by atoms with Crippen LogP contribution in [0.25, 0.3) is 0 Å². The van der Waals surface area contributed by atoms with Gasteiger partial charge in [-0.15, -0.1) is 0 Å². The second kappa shape index (κ2) is 2.34. The van der Waals surface area contributed by atoms with Gasteiger partial charge in [-0.1, -0.05) is 12.1 Å². The van der Waals surface area contributed by atoms with Crippen LogP contribution in [-0.4, -0.2) is 5.91 Å². The highest BCUT2D eigenvalue weighted by molar-refractivity contribution is 6.00. The lowest BCUT2D eigenvalue weighted by atomic mass is 10.0. The van der Waals surface area contributed by atoms with Crippen molar-refractivity contribution in [2.24, 2.45) is 0 Å². The fraction of sp³-hybridized carbons (Fsp3) is 0.300. The molecule has 0 atom stereocenters. The van der Waals surface area contributed by atoms with Crippen LogP contribution in [0.1, 0.15) is 16.7 Å². The number of carbonyl (C=O) groups is 1. The Kier molecular flexibility index (Phi) is 1.43. The van der Waals surface area contributed by atoms with E-state index >= 15 is 0 Å². The maximum absolute atomic E-state index is 11.1. The third-order valence-corrected chi connectivity index (χ3v) is 2.36. The van der Waals surface area contributed by atoms with Crippen LogP contribution in [0.4, 0.5) is 5.69 Å². The van der Waals surface area contributed by atoms with Crippen LogP contribution >= 0.6 is 0 Å². The van der Waals surface area contributed by atoms with Crippen molar-refractivity contribution in [2.75, 3.05) is 5.32 Å². The zero-order valence-corrected chi connectivity index (χ0v) is 7.27. The van der Waals surface area contributed by atoms with Crippen LogP contribution in [-0.2, 0) is 11.2 Å². The van der Waals surface area contributed by atoms with E-state index in [0.717, 1.165) is 11.3 Å². The molecule has 2 nitrogen and oxygen atoms in total. The molecule has 1 aromatic rings. The normalized spacial score (nSPS) is 14.3. The molecule has 0 aliphatic carbocycles. The molecule has 1 aliphatic rings. The Labute approximate surface area is 71.6 Å². The van der Waals surface area contributed by atoms with Crippen LogP contribution in [0, 0.1) is 13.8 Å². The van der Waals surface area contributed by atoms with Gasteiger partial charge in [0.1, 0.15) is 0 Å². The summed E-state index contributed by atoms with van der Waals surface area (Å²) in [5, 5.41) is 2.87. The Morgan fingerprint density at radius 1 is 1.25 bits per heavy atom. The largest absolute Gasteiger partial charge is 0.325 e. The third kappa shape index (κ3) is 0.916. The van der Waals surface area contributed by atoms with E-state index in [9.17, 15) is 4.79 Å². The lowest BCUT2D eigenvalue weighted by molar-refractivity contribution is -0.115. The molecular weight excluding hydrogens is 150 g/mol. The number of rotatable bonds is 0. The summed E-state index contributed by atoms with van der Waals surface area (Å²) in [6.07, 6.45) is 0.544. The maximum Gasteiger partial charge on any atom is 0.228 e. The second-order valence-electron chi connectivity index (χ2n) is 3.28. The summed E-state index contributed by atoms with van der Waals surface area (Å²) in [4.78, 5) is 11.1. The number of nitrogens with one attached hydrogen (secondary N) is 1. The first kappa shape index (κ1) is 7.35. The second-order valence-corrected chi connectivity index (χ2v) is 3.28. The van der Waals surface area contributed by atoms with Gasteiger partial charge in [0, 0.05) is 5.69 Å². The molecule has 0 unspecified atom stereocenters. The molecule has 0 saturated carbocycles. The molecule has 1 aromatic carbocycles. The standard InChI is InChI=1S/C10H11NO/c1-6-3-4-7(2)10-8(6)5-9(12)11-10/h3-4H,5H2,1-2H3,(H,11,12). The molecule has 62 valence electrons. The first-order valence-corrected chi connectivity index (χ1v) is 4.07. The fourth-order valence-corrected chi connectivity index (χ4v) is 1.62. The van der Waals surface area contributed by atoms with E-state index in [-0.39, 0.29) is 5.91 Å². The molecule has 2 heteroatoms. The molecule has 0 spiro atoms. The number of amides is 1. The van der Waals surface area contributed by atoms with Crippen LogP contribution in [0.2, 0.25) is 0 Å². The van der Waals surface area contributed by atoms with Crippen molar-refractivity contribution in [3.8, 4) is 0 Å². The van der Waals surface area contributed by atoms with Crippen molar-refractivity contribution in [3.63, 3.8) is 0 Å². The van der Waals surface area contributed by atoms with Crippen molar-refractivity contribution < 1.29 is 4.79 Å². The first-order valence-electron chi connectivity index (χ1n) is 4.07. The third-order valence-electron chi connectivity index (χ3n) is 2.36. The first-order chi connectivity index (χ1) is 5.68. The van der Waals surface area contributed by atoms with Gasteiger partial charge < -0.3 is 5.32 Å². The molecule has 0 radical (unpaired) electrons. The minimum absolute atomic E-state index is 0.113. The van der Waals surface area contributed by atoms with Crippen LogP contribution in [0.15, 0.2) is 12.1 Å². The Balaban J connectivity index is 2.64. The minimum atomic E-state index is 0.113. The van der Waals surface area contributed by atoms with Gasteiger partial charge in [-0.2, -0.15) is 0 Å². The fourth-order valence-electron chi connectivity index (χ4n) is 1.62. The maximum atomic E-state index is 11.1. The van der Waals surface area contributed by atoms with E-state index in [1.807, 2.05) is 19.9 Å². The molecule has 0 saturated heterocycles. The predicted molar refractivity (Wildman–Crippen MR) is 48.2 cm³/mol. The van der Waals surface area contributed by atoms with Gasteiger partial charge in [-0.3, -0.25) is 4.79 Å². The van der Waals surface area contributed by atoms with E-state index in [2.05, 4.69) is 11.4 Å². The van der Waals surface area contributed by atoms with E-state index in [0.29, 0.717) is 6.42 Å². The van der Waals surface area contributed by atoms with E-state index in [4.69, 9.17) is 0 Å². The molecule has 1 amide bonds. The highest BCUT2D eigenvalue weighted by Gasteiger charge is 2.20. The van der Waals surface area contributed by atoms with Gasteiger partial charge in [0.25, 0.3) is 0 Å². The topological polar surface area (TPSA) is 29.1 Å². The SMILES string of the molecule is Cc1ccc(C)c2c1CC(=O)N2. The highest BCUT2D eigenvalue weighted by Crippen LogP contribution is 2.29. The van der Waals surface area contributed by atoms with E-state index in [1.165, 1.54) is 11.1 Å². The van der Waals surface area contributed by atoms with Crippen molar-refractivity contribution in [1.29, 1.82) is 0 Å². The van der Waals surface area contributed by atoms with Gasteiger partial charge in [-0.05, 0) is 30.5 Å². The number of hydrogen-bond acceptors (Lipinski definition) is 1. The average Bonchev–Trinajstić information content (AvgIpc) is 2.41. The monoisotopic (exact) mass is 161 g/mol. The Morgan fingerprint density at radius 3 is 2.58 bits per heavy atom. The molecular formula is C10H11NO. The molecule has 1 heterocycles. The number of anilines is 1. The van der Waals surface area contributed by atoms with Crippen LogP contribution in [0.3, 0.4) is 0 Å². The Morgan fingerprint density at radius 2 is 1.92 bits per heavy atom. The molecule has 1 aliphatic heterocycles. The molecule has 0 aromatic heterocycles. The minimum Gasteiger partial charge on any atom is -0.325 e. The predicted octanol–water partition coefficient (Wildman–Crippen LogP) is 1.80. The van der Waals surface area contributed by atoms with Crippen molar-refractivity contribution in [3.05, 3.63) is 28.8 Å². The summed E-state index contributed by atoms with van der Waals surface area (Å²) in [6.45, 7) is 4.06. The lowest BCUT2D eigenvalue weighted by Crippen LogP contribution is -2.04. The number of hydrogen-bond donors (Lipinski definition) is 1. The summed E-state index contributed by atoms with van der Waals surface area (Å²) >= 11 is 0. The lowest BCUT2D eigenvalue weighted by Gasteiger charge is -2.04. The van der Waals surface area contributed by atoms with E-state index < -0.39 is 0 Å². The zero-order chi connectivity index (χ0) is 8.72. The summed E-state index contributed by atoms with van der Waals surface area (Å²) in [7, 11) is 0. The van der Waals surface area contributed by atoms with Gasteiger partial charge >= 0.3 is 0 Å². The summed E-state index contributed by atoms with van der Waals surface area (Å²) in [6, 6.07) is 4.11. The van der Waals surface area contributed by atoms with Crippen LogP contribution in [0.5, 0.6) is 0 Å². The van der Waals surface area contributed by atoms with Crippen molar-refractivity contribution >= 4 is 11.6 Å². The highest BCUT2D eigenvalue weighted by atomic mass is 16.1. The van der Waals surface area contributed by atoms with Gasteiger partial charge in [-0.25, -0.2) is 0 Å². The van der Waals surface area contributed by atoms with Crippen molar-refractivity contribution in [2.45, 2.75) is 20.3 Å². The summed E-state index contributed by atoms with van der Waals surface area (Å²) in [5.74, 6) is 0.113. The average molecular weight is 161 g/mol. The molecule has 0 fully saturated rings. The van der Waals surface area contributed by atoms with Gasteiger partial charge in [0.2, 0.25) is 5.91 Å². The Hall–Kier alpha value is -1.31. The molecule has 2 rings (SSSR count). The van der Waals surface area contributed by atoms with Gasteiger partial charge in [0.05, 0.1) is 6.42 Å². The Bertz CT molecular complexity index is 322. The molecule has 12 heavy (non-hydrogen) atoms. The smallest absolute Gasteiger partial charge is 0.228 e. The van der Waals surface area contributed by atoms with Gasteiger partial charge in [0.15, 0.2) is 0 Å².